The smallest absolute Gasteiger partial charge is 0.285 e. The van der Waals surface area contributed by atoms with Crippen molar-refractivity contribution in [3.63, 3.8) is 0 Å². The number of nitrogens with one attached hydrogen (secondary N) is 1. The minimum atomic E-state index is -0.595. The van der Waals surface area contributed by atoms with Gasteiger partial charge in [-0.25, -0.2) is 0 Å². The summed E-state index contributed by atoms with van der Waals surface area (Å²) in [5, 5.41) is 11.5. The molecule has 1 aliphatic heterocycles. The molecule has 2 N–H and O–H groups in total. The second kappa shape index (κ2) is 9.04. The van der Waals surface area contributed by atoms with Gasteiger partial charge in [-0.1, -0.05) is 41.0 Å². The van der Waals surface area contributed by atoms with Crippen LogP contribution in [0.15, 0.2) is 41.3 Å². The van der Waals surface area contributed by atoms with Gasteiger partial charge >= 0.3 is 0 Å². The molecule has 0 unspecified atom stereocenters. The number of nitrogens with zero attached hydrogens (tertiary/aromatic N) is 1. The Bertz CT molecular complexity index is 1040. The predicted molar refractivity (Wildman–Crippen MR) is 118 cm³/mol. The number of phenolic OH excluding ortho intramolecular Hbond substituents is 1. The molecule has 0 aromatic heterocycles. The minimum absolute atomic E-state index is 0.0400. The van der Waals surface area contributed by atoms with E-state index in [0.29, 0.717) is 27.8 Å². The lowest BCUT2D eigenvalue weighted by Crippen LogP contribution is -2.44. The van der Waals surface area contributed by atoms with Crippen LogP contribution in [0.25, 0.3) is 6.08 Å². The molecule has 1 aliphatic rings. The number of thioether (sulfide) groups is 1. The van der Waals surface area contributed by atoms with Crippen LogP contribution >= 0.6 is 47.2 Å². The molecule has 0 aliphatic carbocycles. The van der Waals surface area contributed by atoms with Gasteiger partial charge in [-0.3, -0.25) is 15.0 Å². The van der Waals surface area contributed by atoms with Crippen molar-refractivity contribution in [2.24, 2.45) is 0 Å². The third-order valence-corrected chi connectivity index (χ3v) is 5.61. The number of carbonyl (C=O) groups excluding carboxylic acids is 2. The van der Waals surface area contributed by atoms with Crippen molar-refractivity contribution in [3.8, 4) is 11.5 Å². The summed E-state index contributed by atoms with van der Waals surface area (Å²) >= 11 is 18.1. The van der Waals surface area contributed by atoms with Crippen molar-refractivity contribution in [1.82, 2.24) is 10.4 Å². The first-order chi connectivity index (χ1) is 13.8. The molecular weight excluding hydrogens is 455 g/mol. The van der Waals surface area contributed by atoms with Gasteiger partial charge < -0.3 is 9.84 Å². The number of hydrogen-bond donors (Lipinski definition) is 2. The first kappa shape index (κ1) is 21.4. The van der Waals surface area contributed by atoms with Gasteiger partial charge in [0.1, 0.15) is 0 Å². The van der Waals surface area contributed by atoms with Crippen LogP contribution in [0.4, 0.5) is 0 Å². The summed E-state index contributed by atoms with van der Waals surface area (Å²) < 4.78 is 5.44. The van der Waals surface area contributed by atoms with Crippen LogP contribution in [-0.2, 0) is 4.79 Å². The van der Waals surface area contributed by atoms with E-state index in [0.717, 1.165) is 16.8 Å². The van der Waals surface area contributed by atoms with E-state index in [1.807, 2.05) is 6.92 Å². The molecule has 0 radical (unpaired) electrons. The number of halogens is 2. The molecule has 10 heteroatoms. The number of phenols is 1. The molecule has 150 valence electrons. The first-order valence-electron chi connectivity index (χ1n) is 8.30. The van der Waals surface area contributed by atoms with Crippen molar-refractivity contribution >= 4 is 69.4 Å². The van der Waals surface area contributed by atoms with Crippen LogP contribution < -0.4 is 10.2 Å². The molecule has 2 aromatic rings. The summed E-state index contributed by atoms with van der Waals surface area (Å²) in [4.78, 5) is 25.4. The molecule has 0 bridgehead atoms. The highest BCUT2D eigenvalue weighted by atomic mass is 35.5. The Hall–Kier alpha value is -2.26. The summed E-state index contributed by atoms with van der Waals surface area (Å²) in [6.45, 7) is 2.23. The van der Waals surface area contributed by atoms with Gasteiger partial charge in [0.05, 0.1) is 22.1 Å². The standard InChI is InChI=1S/C19H14Cl2N2O4S2/c1-2-27-15-6-3-10(7-14(15)24)8-16-18(26)23(19(28)29-16)22-17(25)12-5-4-11(20)9-13(12)21/h3-9,24H,2H2,1H3,(H,22,25)/b16-8-. The maximum absolute atomic E-state index is 12.7. The fourth-order valence-corrected chi connectivity index (χ4v) is 4.13. The van der Waals surface area contributed by atoms with E-state index < -0.39 is 11.8 Å². The average Bonchev–Trinajstić information content (AvgIpc) is 2.91. The summed E-state index contributed by atoms with van der Waals surface area (Å²) in [6, 6.07) is 9.18. The fourth-order valence-electron chi connectivity index (χ4n) is 2.45. The lowest BCUT2D eigenvalue weighted by Gasteiger charge is -2.16. The Labute approximate surface area is 186 Å². The van der Waals surface area contributed by atoms with Gasteiger partial charge in [0, 0.05) is 5.02 Å². The van der Waals surface area contributed by atoms with E-state index in [1.165, 1.54) is 24.3 Å². The van der Waals surface area contributed by atoms with Crippen LogP contribution in [0.2, 0.25) is 10.0 Å². The van der Waals surface area contributed by atoms with Gasteiger partial charge in [-0.15, -0.1) is 0 Å². The third-order valence-electron chi connectivity index (χ3n) is 3.76. The monoisotopic (exact) mass is 468 g/mol. The number of benzene rings is 2. The number of rotatable bonds is 5. The van der Waals surface area contributed by atoms with Crippen molar-refractivity contribution < 1.29 is 19.4 Å². The number of amides is 2. The number of hydrazine groups is 1. The van der Waals surface area contributed by atoms with Crippen molar-refractivity contribution in [1.29, 1.82) is 0 Å². The van der Waals surface area contributed by atoms with Crippen LogP contribution in [0.5, 0.6) is 11.5 Å². The molecular formula is C19H14Cl2N2O4S2. The Morgan fingerprint density at radius 2 is 2.07 bits per heavy atom. The number of hydrogen-bond acceptors (Lipinski definition) is 6. The second-order valence-electron chi connectivity index (χ2n) is 5.74. The Morgan fingerprint density at radius 3 is 2.72 bits per heavy atom. The van der Waals surface area contributed by atoms with Crippen molar-refractivity contribution in [2.75, 3.05) is 6.61 Å². The number of carbonyl (C=O) groups is 2. The third kappa shape index (κ3) is 4.84. The minimum Gasteiger partial charge on any atom is -0.504 e. The largest absolute Gasteiger partial charge is 0.504 e. The zero-order valence-corrected chi connectivity index (χ0v) is 18.1. The Kier molecular flexibility index (Phi) is 6.69. The lowest BCUT2D eigenvalue weighted by molar-refractivity contribution is -0.123. The fraction of sp³-hybridized carbons (Fsp3) is 0.105. The van der Waals surface area contributed by atoms with Crippen LogP contribution in [0.3, 0.4) is 0 Å². The normalized spacial score (nSPS) is 15.1. The van der Waals surface area contributed by atoms with Crippen LogP contribution in [-0.4, -0.2) is 32.9 Å². The van der Waals surface area contributed by atoms with Crippen LogP contribution in [0.1, 0.15) is 22.8 Å². The SMILES string of the molecule is CCOc1ccc(/C=C2\SC(=S)N(NC(=O)c3ccc(Cl)cc3Cl)C2=O)cc1O. The zero-order chi connectivity index (χ0) is 21.1. The van der Waals surface area contributed by atoms with E-state index >= 15 is 0 Å². The van der Waals surface area contributed by atoms with Gasteiger partial charge in [-0.05, 0) is 61.1 Å². The molecule has 1 saturated heterocycles. The summed E-state index contributed by atoms with van der Waals surface area (Å²) in [5.74, 6) is -0.777. The van der Waals surface area contributed by atoms with Gasteiger partial charge in [0.25, 0.3) is 11.8 Å². The molecule has 2 aromatic carbocycles. The van der Waals surface area contributed by atoms with E-state index in [-0.39, 0.29) is 20.7 Å². The number of aromatic hydroxyl groups is 1. The molecule has 0 saturated carbocycles. The highest BCUT2D eigenvalue weighted by Gasteiger charge is 2.34. The summed E-state index contributed by atoms with van der Waals surface area (Å²) in [5.41, 5.74) is 3.19. The first-order valence-corrected chi connectivity index (χ1v) is 10.3. The van der Waals surface area contributed by atoms with Crippen molar-refractivity contribution in [2.45, 2.75) is 6.92 Å². The van der Waals surface area contributed by atoms with Crippen molar-refractivity contribution in [3.05, 3.63) is 62.5 Å². The van der Waals surface area contributed by atoms with E-state index in [2.05, 4.69) is 5.43 Å². The lowest BCUT2D eigenvalue weighted by atomic mass is 10.2. The molecule has 29 heavy (non-hydrogen) atoms. The molecule has 2 amide bonds. The topological polar surface area (TPSA) is 78.9 Å². The summed E-state index contributed by atoms with van der Waals surface area (Å²) in [7, 11) is 0. The Morgan fingerprint density at radius 1 is 1.31 bits per heavy atom. The van der Waals surface area contributed by atoms with Crippen LogP contribution in [0, 0.1) is 0 Å². The highest BCUT2D eigenvalue weighted by Crippen LogP contribution is 2.34. The van der Waals surface area contributed by atoms with E-state index in [9.17, 15) is 14.7 Å². The highest BCUT2D eigenvalue weighted by molar-refractivity contribution is 8.26. The van der Waals surface area contributed by atoms with E-state index in [4.69, 9.17) is 40.2 Å². The van der Waals surface area contributed by atoms with Gasteiger partial charge in [0.15, 0.2) is 15.8 Å². The quantitative estimate of drug-likeness (QED) is 0.491. The predicted octanol–water partition coefficient (Wildman–Crippen LogP) is 4.64. The van der Waals surface area contributed by atoms with Gasteiger partial charge in [0.2, 0.25) is 0 Å². The zero-order valence-electron chi connectivity index (χ0n) is 14.9. The number of thiocarbonyl (C=S) groups is 1. The maximum atomic E-state index is 12.7. The molecule has 1 fully saturated rings. The summed E-state index contributed by atoms with van der Waals surface area (Å²) in [6.07, 6.45) is 1.57. The average molecular weight is 469 g/mol. The molecule has 0 spiro atoms. The van der Waals surface area contributed by atoms with Gasteiger partial charge in [-0.2, -0.15) is 5.01 Å². The Balaban J connectivity index is 1.78. The second-order valence-corrected chi connectivity index (χ2v) is 8.26. The molecule has 1 heterocycles. The van der Waals surface area contributed by atoms with E-state index in [1.54, 1.807) is 18.2 Å². The number of ether oxygens (including phenoxy) is 1. The molecule has 0 atom stereocenters. The molecule has 3 rings (SSSR count). The maximum Gasteiger partial charge on any atom is 0.285 e. The molecule has 6 nitrogen and oxygen atoms in total.